The van der Waals surface area contributed by atoms with Gasteiger partial charge < -0.3 is 9.64 Å². The first-order valence-corrected chi connectivity index (χ1v) is 18.6. The summed E-state index contributed by atoms with van der Waals surface area (Å²) in [4.78, 5) is 22.3. The van der Waals surface area contributed by atoms with E-state index >= 15 is 0 Å². The van der Waals surface area contributed by atoms with Gasteiger partial charge in [-0.25, -0.2) is 8.78 Å². The van der Waals surface area contributed by atoms with Crippen molar-refractivity contribution in [3.05, 3.63) is 213 Å². The Bertz CT molecular complexity index is 2610. The number of hydrogen-bond acceptors (Lipinski definition) is 4. The van der Waals surface area contributed by atoms with Crippen LogP contribution in [0, 0.1) is 11.6 Å². The standard InChI is InChI=1S/C49H36F2N2O2/c1-48(2)41-14-8-9-15-42(41)53(3)49(48)28-52-45-37-13-7-6-12-36(37)44-40(47(45)55-49)27-26-39-43(44)35-11-5-4-10-34(35)38(46(39)54)25-24-33(29-16-20-31(50)21-17-29)30-18-22-32(51)23-19-30/h4-28,43-44H,1-3H3/b38-25-. The molecule has 0 fully saturated rings. The van der Waals surface area contributed by atoms with Crippen molar-refractivity contribution >= 4 is 34.5 Å². The SMILES string of the molecule is CN1c2ccccc2C(C)(C)C12C=NC1=C(O2)C2=CC=C3C(=O)/C(=C\C=C(c4ccc(F)cc4)c4ccc(F)cc4)c4ccccc4C3C2c2ccccc21. The van der Waals surface area contributed by atoms with Gasteiger partial charge >= 0.3 is 0 Å². The molecule has 0 amide bonds. The van der Waals surface area contributed by atoms with E-state index < -0.39 is 11.1 Å². The summed E-state index contributed by atoms with van der Waals surface area (Å²) in [5, 5.41) is 0. The second-order valence-electron chi connectivity index (χ2n) is 15.3. The zero-order valence-corrected chi connectivity index (χ0v) is 30.6. The Morgan fingerprint density at radius 2 is 1.29 bits per heavy atom. The highest BCUT2D eigenvalue weighted by Gasteiger charge is 2.60. The van der Waals surface area contributed by atoms with Crippen LogP contribution in [0.1, 0.15) is 64.6 Å². The molecule has 2 aliphatic heterocycles. The van der Waals surface area contributed by atoms with E-state index in [9.17, 15) is 13.6 Å². The Morgan fingerprint density at radius 1 is 0.727 bits per heavy atom. The number of ketones is 1. The Labute approximate surface area is 318 Å². The van der Waals surface area contributed by atoms with Crippen molar-refractivity contribution in [1.29, 1.82) is 0 Å². The molecule has 5 aliphatic rings. The molecule has 0 radical (unpaired) electrons. The summed E-state index contributed by atoms with van der Waals surface area (Å²) < 4.78 is 35.3. The smallest absolute Gasteiger partial charge is 0.228 e. The number of ether oxygens (including phenoxy) is 1. The number of benzene rings is 5. The number of likely N-dealkylation sites (N-methyl/N-ethyl adjacent to an activating group) is 1. The summed E-state index contributed by atoms with van der Waals surface area (Å²) >= 11 is 0. The van der Waals surface area contributed by atoms with Gasteiger partial charge in [-0.2, -0.15) is 0 Å². The molecule has 268 valence electrons. The molecular formula is C49H36F2N2O2. The Hall–Kier alpha value is -6.40. The Morgan fingerprint density at radius 3 is 1.96 bits per heavy atom. The molecule has 5 aromatic carbocycles. The number of aliphatic imine (C=N–C) groups is 1. The molecule has 6 heteroatoms. The van der Waals surface area contributed by atoms with Gasteiger partial charge in [0.25, 0.3) is 0 Å². The molecule has 0 saturated carbocycles. The summed E-state index contributed by atoms with van der Waals surface area (Å²) in [5.74, 6) is -0.491. The molecule has 2 heterocycles. The van der Waals surface area contributed by atoms with E-state index in [4.69, 9.17) is 9.73 Å². The van der Waals surface area contributed by atoms with Gasteiger partial charge in [0.15, 0.2) is 11.5 Å². The molecule has 0 N–H and O–H groups in total. The lowest BCUT2D eigenvalue weighted by molar-refractivity contribution is -0.111. The predicted molar refractivity (Wildman–Crippen MR) is 214 cm³/mol. The number of allylic oxidation sites excluding steroid dienone is 7. The molecule has 1 spiro atoms. The molecule has 55 heavy (non-hydrogen) atoms. The number of Topliss-reactive ketones (excluding diaryl/α,β-unsaturated/α-hetero) is 1. The van der Waals surface area contributed by atoms with Gasteiger partial charge in [0, 0.05) is 46.9 Å². The number of anilines is 1. The van der Waals surface area contributed by atoms with Crippen LogP contribution in [0.5, 0.6) is 0 Å². The molecule has 0 bridgehead atoms. The van der Waals surface area contributed by atoms with Gasteiger partial charge in [-0.3, -0.25) is 9.79 Å². The van der Waals surface area contributed by atoms with E-state index in [1.54, 1.807) is 24.3 Å². The lowest BCUT2D eigenvalue weighted by Gasteiger charge is -2.49. The van der Waals surface area contributed by atoms with Crippen LogP contribution in [-0.2, 0) is 14.9 Å². The molecular weight excluding hydrogens is 687 g/mol. The molecule has 0 saturated heterocycles. The van der Waals surface area contributed by atoms with Gasteiger partial charge in [-0.05, 0) is 89.2 Å². The average Bonchev–Trinajstić information content (AvgIpc) is 3.37. The van der Waals surface area contributed by atoms with Crippen molar-refractivity contribution in [2.75, 3.05) is 11.9 Å². The second kappa shape index (κ2) is 12.1. The molecule has 3 unspecified atom stereocenters. The predicted octanol–water partition coefficient (Wildman–Crippen LogP) is 10.7. The quantitative estimate of drug-likeness (QED) is 0.174. The molecule has 3 atom stereocenters. The number of rotatable bonds is 3. The summed E-state index contributed by atoms with van der Waals surface area (Å²) in [6.07, 6.45) is 9.75. The molecule has 4 nitrogen and oxygen atoms in total. The number of halogens is 2. The third-order valence-electron chi connectivity index (χ3n) is 12.3. The van der Waals surface area contributed by atoms with Crippen molar-refractivity contribution in [1.82, 2.24) is 0 Å². The van der Waals surface area contributed by atoms with Gasteiger partial charge in [0.05, 0.1) is 11.6 Å². The van der Waals surface area contributed by atoms with E-state index in [2.05, 4.69) is 80.4 Å². The Kier molecular flexibility index (Phi) is 7.27. The van der Waals surface area contributed by atoms with Crippen LogP contribution in [0.25, 0.3) is 16.8 Å². The average molecular weight is 723 g/mol. The van der Waals surface area contributed by atoms with E-state index in [0.29, 0.717) is 11.1 Å². The minimum absolute atomic E-state index is 0.0590. The van der Waals surface area contributed by atoms with Crippen LogP contribution < -0.4 is 4.90 Å². The van der Waals surface area contributed by atoms with Crippen LogP contribution in [0.2, 0.25) is 0 Å². The van der Waals surface area contributed by atoms with Crippen LogP contribution >= 0.6 is 0 Å². The number of hydrogen-bond donors (Lipinski definition) is 0. The summed E-state index contributed by atoms with van der Waals surface area (Å²) in [6.45, 7) is 4.43. The maximum atomic E-state index is 14.9. The first-order valence-electron chi connectivity index (χ1n) is 18.6. The fraction of sp³-hybridized carbons (Fsp3) is 0.143. The summed E-state index contributed by atoms with van der Waals surface area (Å²) in [7, 11) is 2.07. The van der Waals surface area contributed by atoms with Gasteiger partial charge in [-0.1, -0.05) is 109 Å². The van der Waals surface area contributed by atoms with E-state index in [0.717, 1.165) is 61.7 Å². The van der Waals surface area contributed by atoms with Gasteiger partial charge in [0.2, 0.25) is 5.72 Å². The first-order chi connectivity index (χ1) is 26.7. The number of para-hydroxylation sites is 1. The molecule has 3 aliphatic carbocycles. The monoisotopic (exact) mass is 722 g/mol. The maximum Gasteiger partial charge on any atom is 0.228 e. The fourth-order valence-corrected chi connectivity index (χ4v) is 9.46. The molecule has 10 rings (SSSR count). The van der Waals surface area contributed by atoms with E-state index in [1.165, 1.54) is 29.8 Å². The van der Waals surface area contributed by atoms with Crippen LogP contribution in [0.3, 0.4) is 0 Å². The van der Waals surface area contributed by atoms with Crippen molar-refractivity contribution in [3.63, 3.8) is 0 Å². The zero-order valence-electron chi connectivity index (χ0n) is 30.6. The van der Waals surface area contributed by atoms with Crippen molar-refractivity contribution < 1.29 is 18.3 Å². The number of fused-ring (bicyclic) bond motifs is 10. The third-order valence-corrected chi connectivity index (χ3v) is 12.3. The number of carbonyl (C=O) groups excluding carboxylic acids is 1. The van der Waals surface area contributed by atoms with Crippen molar-refractivity contribution in [2.24, 2.45) is 4.99 Å². The first kappa shape index (κ1) is 33.2. The largest absolute Gasteiger partial charge is 0.459 e. The lowest BCUT2D eigenvalue weighted by Crippen LogP contribution is -2.59. The highest BCUT2D eigenvalue weighted by molar-refractivity contribution is 6.31. The normalized spacial score (nSPS) is 23.1. The van der Waals surface area contributed by atoms with Crippen molar-refractivity contribution in [2.45, 2.75) is 36.8 Å². The number of nitrogens with zero attached hydrogens (tertiary/aromatic N) is 2. The van der Waals surface area contributed by atoms with Crippen LogP contribution in [0.4, 0.5) is 14.5 Å². The highest BCUT2D eigenvalue weighted by Crippen LogP contribution is 2.60. The maximum absolute atomic E-state index is 14.9. The van der Waals surface area contributed by atoms with E-state index in [-0.39, 0.29) is 29.3 Å². The number of carbonyl (C=O) groups is 1. The molecule has 5 aromatic rings. The third kappa shape index (κ3) is 4.73. The van der Waals surface area contributed by atoms with Gasteiger partial charge in [-0.15, -0.1) is 0 Å². The minimum Gasteiger partial charge on any atom is -0.459 e. The zero-order chi connectivity index (χ0) is 37.6. The Balaban J connectivity index is 1.13. The topological polar surface area (TPSA) is 41.9 Å². The highest BCUT2D eigenvalue weighted by atomic mass is 19.1. The van der Waals surface area contributed by atoms with Gasteiger partial charge in [0.1, 0.15) is 17.3 Å². The lowest BCUT2D eigenvalue weighted by atomic mass is 9.61. The fourth-order valence-electron chi connectivity index (χ4n) is 9.46. The minimum atomic E-state index is -0.869. The molecule has 0 aromatic heterocycles. The van der Waals surface area contributed by atoms with E-state index in [1.807, 2.05) is 48.7 Å². The summed E-state index contributed by atoms with van der Waals surface area (Å²) in [5.41, 5.74) is 10.3. The second-order valence-corrected chi connectivity index (χ2v) is 15.3. The van der Waals surface area contributed by atoms with Crippen LogP contribution in [-0.4, -0.2) is 24.8 Å². The summed E-state index contributed by atoms with van der Waals surface area (Å²) in [6, 6.07) is 37.3. The van der Waals surface area contributed by atoms with Crippen molar-refractivity contribution in [3.8, 4) is 0 Å². The van der Waals surface area contributed by atoms with Crippen LogP contribution in [0.15, 0.2) is 168 Å².